The standard InChI is InChI=1S/C17H21F2N3/c1-22-11-12(10-21-22)3-2-6-20-15-7-13(8-15)16-5-4-14(18)9-17(16)19/h4-5,9-11,13,15,20H,2-3,6-8H2,1H3. The van der Waals surface area contributed by atoms with Crippen molar-refractivity contribution in [3.8, 4) is 0 Å². The molecule has 0 amide bonds. The zero-order chi connectivity index (χ0) is 15.5. The van der Waals surface area contributed by atoms with Gasteiger partial charge in [-0.25, -0.2) is 8.78 Å². The number of nitrogens with zero attached hydrogens (tertiary/aromatic N) is 2. The molecule has 1 aromatic carbocycles. The van der Waals surface area contributed by atoms with Crippen LogP contribution in [0.4, 0.5) is 8.78 Å². The number of aromatic nitrogens is 2. The molecule has 1 fully saturated rings. The highest BCUT2D eigenvalue weighted by Crippen LogP contribution is 2.38. The van der Waals surface area contributed by atoms with E-state index in [-0.39, 0.29) is 5.92 Å². The van der Waals surface area contributed by atoms with Crippen LogP contribution in [-0.4, -0.2) is 22.4 Å². The summed E-state index contributed by atoms with van der Waals surface area (Å²) in [5, 5.41) is 7.65. The van der Waals surface area contributed by atoms with Gasteiger partial charge in [-0.3, -0.25) is 4.68 Å². The van der Waals surface area contributed by atoms with Crippen LogP contribution in [0.1, 0.15) is 36.3 Å². The van der Waals surface area contributed by atoms with Gasteiger partial charge in [-0.1, -0.05) is 6.07 Å². The van der Waals surface area contributed by atoms with Crippen molar-refractivity contribution in [1.29, 1.82) is 0 Å². The second-order valence-corrected chi connectivity index (χ2v) is 6.11. The highest BCUT2D eigenvalue weighted by Gasteiger charge is 2.31. The first kappa shape index (κ1) is 15.2. The number of aryl methyl sites for hydroxylation is 2. The van der Waals surface area contributed by atoms with E-state index < -0.39 is 11.6 Å². The molecule has 118 valence electrons. The summed E-state index contributed by atoms with van der Waals surface area (Å²) in [6.45, 7) is 0.957. The molecule has 0 spiro atoms. The van der Waals surface area contributed by atoms with Gasteiger partial charge in [0.2, 0.25) is 0 Å². The van der Waals surface area contributed by atoms with Crippen LogP contribution >= 0.6 is 0 Å². The molecule has 0 bridgehead atoms. The van der Waals surface area contributed by atoms with Crippen LogP contribution in [-0.2, 0) is 13.5 Å². The summed E-state index contributed by atoms with van der Waals surface area (Å²) in [4.78, 5) is 0. The molecular weight excluding hydrogens is 284 g/mol. The maximum Gasteiger partial charge on any atom is 0.129 e. The third-order valence-electron chi connectivity index (χ3n) is 4.37. The van der Waals surface area contributed by atoms with Crippen LogP contribution in [0.25, 0.3) is 0 Å². The summed E-state index contributed by atoms with van der Waals surface area (Å²) in [5.74, 6) is -0.706. The highest BCUT2D eigenvalue weighted by molar-refractivity contribution is 5.25. The van der Waals surface area contributed by atoms with Crippen molar-refractivity contribution in [3.63, 3.8) is 0 Å². The van der Waals surface area contributed by atoms with Gasteiger partial charge in [-0.15, -0.1) is 0 Å². The fourth-order valence-corrected chi connectivity index (χ4v) is 3.07. The summed E-state index contributed by atoms with van der Waals surface area (Å²) in [6.07, 6.45) is 7.87. The summed E-state index contributed by atoms with van der Waals surface area (Å²) >= 11 is 0. The fourth-order valence-electron chi connectivity index (χ4n) is 3.07. The molecule has 1 heterocycles. The van der Waals surface area contributed by atoms with Crippen molar-refractivity contribution in [2.75, 3.05) is 6.54 Å². The van der Waals surface area contributed by atoms with Crippen molar-refractivity contribution in [2.24, 2.45) is 7.05 Å². The van der Waals surface area contributed by atoms with Gasteiger partial charge in [-0.05, 0) is 55.3 Å². The molecule has 5 heteroatoms. The molecule has 3 rings (SSSR count). The normalized spacial score (nSPS) is 20.9. The van der Waals surface area contributed by atoms with Crippen molar-refractivity contribution in [2.45, 2.75) is 37.6 Å². The molecule has 3 nitrogen and oxygen atoms in total. The molecule has 2 aromatic rings. The van der Waals surface area contributed by atoms with Crippen LogP contribution in [0.5, 0.6) is 0 Å². The third-order valence-corrected chi connectivity index (χ3v) is 4.37. The lowest BCUT2D eigenvalue weighted by molar-refractivity contribution is 0.285. The van der Waals surface area contributed by atoms with E-state index in [2.05, 4.69) is 10.4 Å². The summed E-state index contributed by atoms with van der Waals surface area (Å²) < 4.78 is 28.4. The molecule has 1 saturated carbocycles. The minimum absolute atomic E-state index is 0.219. The van der Waals surface area contributed by atoms with E-state index in [0.717, 1.165) is 38.3 Å². The molecule has 1 aliphatic carbocycles. The van der Waals surface area contributed by atoms with E-state index in [1.165, 1.54) is 11.6 Å². The van der Waals surface area contributed by atoms with Gasteiger partial charge >= 0.3 is 0 Å². The Morgan fingerprint density at radius 2 is 2.14 bits per heavy atom. The molecule has 0 atom stereocenters. The minimum atomic E-state index is -0.509. The molecule has 22 heavy (non-hydrogen) atoms. The zero-order valence-electron chi connectivity index (χ0n) is 12.7. The van der Waals surface area contributed by atoms with Gasteiger partial charge in [0, 0.05) is 25.4 Å². The Morgan fingerprint density at radius 1 is 1.32 bits per heavy atom. The smallest absolute Gasteiger partial charge is 0.129 e. The first-order chi connectivity index (χ1) is 10.6. The molecule has 0 saturated heterocycles. The summed E-state index contributed by atoms with van der Waals surface area (Å²) in [5.41, 5.74) is 1.90. The van der Waals surface area contributed by atoms with Crippen LogP contribution in [0.15, 0.2) is 30.6 Å². The second-order valence-electron chi connectivity index (χ2n) is 6.11. The maximum absolute atomic E-state index is 13.7. The Labute approximate surface area is 129 Å². The molecule has 0 unspecified atom stereocenters. The number of hydrogen-bond donors (Lipinski definition) is 1. The lowest BCUT2D eigenvalue weighted by atomic mass is 9.75. The van der Waals surface area contributed by atoms with Crippen LogP contribution in [0.2, 0.25) is 0 Å². The number of nitrogens with one attached hydrogen (secondary N) is 1. The molecule has 1 aromatic heterocycles. The monoisotopic (exact) mass is 305 g/mol. The topological polar surface area (TPSA) is 29.9 Å². The highest BCUT2D eigenvalue weighted by atomic mass is 19.1. The van der Waals surface area contributed by atoms with E-state index in [0.29, 0.717) is 11.6 Å². The first-order valence-corrected chi connectivity index (χ1v) is 7.77. The first-order valence-electron chi connectivity index (χ1n) is 7.77. The molecule has 1 N–H and O–H groups in total. The Balaban J connectivity index is 1.37. The number of halogens is 2. The SMILES string of the molecule is Cn1cc(CCCNC2CC(c3ccc(F)cc3F)C2)cn1. The van der Waals surface area contributed by atoms with E-state index in [4.69, 9.17) is 0 Å². The number of hydrogen-bond acceptors (Lipinski definition) is 2. The van der Waals surface area contributed by atoms with Crippen LogP contribution < -0.4 is 5.32 Å². The van der Waals surface area contributed by atoms with Gasteiger partial charge in [0.05, 0.1) is 6.20 Å². The van der Waals surface area contributed by atoms with Crippen LogP contribution in [0.3, 0.4) is 0 Å². The largest absolute Gasteiger partial charge is 0.314 e. The Hall–Kier alpha value is -1.75. The van der Waals surface area contributed by atoms with Gasteiger partial charge < -0.3 is 5.32 Å². The van der Waals surface area contributed by atoms with Crippen molar-refractivity contribution >= 4 is 0 Å². The van der Waals surface area contributed by atoms with Crippen LogP contribution in [0, 0.1) is 11.6 Å². The van der Waals surface area contributed by atoms with Gasteiger partial charge in [-0.2, -0.15) is 5.10 Å². The van der Waals surface area contributed by atoms with E-state index in [1.54, 1.807) is 6.07 Å². The number of benzene rings is 1. The molecule has 1 aliphatic rings. The Morgan fingerprint density at radius 3 is 2.82 bits per heavy atom. The van der Waals surface area contributed by atoms with Gasteiger partial charge in [0.25, 0.3) is 0 Å². The predicted octanol–water partition coefficient (Wildman–Crippen LogP) is 3.17. The van der Waals surface area contributed by atoms with E-state index >= 15 is 0 Å². The second kappa shape index (κ2) is 6.57. The molecule has 0 aliphatic heterocycles. The summed E-state index contributed by atoms with van der Waals surface area (Å²) in [6, 6.07) is 4.34. The average Bonchev–Trinajstić information content (AvgIpc) is 2.84. The molecular formula is C17H21F2N3. The van der Waals surface area contributed by atoms with Crippen molar-refractivity contribution in [1.82, 2.24) is 15.1 Å². The number of rotatable bonds is 6. The Kier molecular flexibility index (Phi) is 4.52. The minimum Gasteiger partial charge on any atom is -0.314 e. The maximum atomic E-state index is 13.7. The Bertz CT molecular complexity index is 633. The van der Waals surface area contributed by atoms with Gasteiger partial charge in [0.15, 0.2) is 0 Å². The average molecular weight is 305 g/mol. The lowest BCUT2D eigenvalue weighted by Crippen LogP contribution is -2.40. The zero-order valence-corrected chi connectivity index (χ0v) is 12.7. The quantitative estimate of drug-likeness (QED) is 0.831. The molecule has 0 radical (unpaired) electrons. The lowest BCUT2D eigenvalue weighted by Gasteiger charge is -2.36. The van der Waals surface area contributed by atoms with E-state index in [1.807, 2.05) is 24.1 Å². The fraction of sp³-hybridized carbons (Fsp3) is 0.471. The van der Waals surface area contributed by atoms with Crippen molar-refractivity contribution in [3.05, 3.63) is 53.4 Å². The van der Waals surface area contributed by atoms with Gasteiger partial charge in [0.1, 0.15) is 11.6 Å². The summed E-state index contributed by atoms with van der Waals surface area (Å²) in [7, 11) is 1.92. The third kappa shape index (κ3) is 3.53. The van der Waals surface area contributed by atoms with Crippen molar-refractivity contribution < 1.29 is 8.78 Å². The van der Waals surface area contributed by atoms with E-state index in [9.17, 15) is 8.78 Å². The predicted molar refractivity (Wildman–Crippen MR) is 81.7 cm³/mol.